The number of Topliss-reactive ketones (excluding diaryl/α,β-unsaturated/α-hetero) is 1. The summed E-state index contributed by atoms with van der Waals surface area (Å²) in [5, 5.41) is 2.11. The van der Waals surface area contributed by atoms with Crippen LogP contribution in [0, 0.1) is 0 Å². The standard InChI is InChI=1S/C14H20N2O2S/c1-11(17)14-6-12(10-19-14)7-15-8-13(9-15)16-2-4-18-5-3-16/h6,10,13H,2-5,7-9H2,1H3. The lowest BCUT2D eigenvalue weighted by atomic mass is 10.1. The summed E-state index contributed by atoms with van der Waals surface area (Å²) in [6.45, 7) is 8.80. The van der Waals surface area contributed by atoms with E-state index < -0.39 is 0 Å². The Balaban J connectivity index is 1.46. The molecule has 104 valence electrons. The van der Waals surface area contributed by atoms with Gasteiger partial charge in [0.2, 0.25) is 0 Å². The third kappa shape index (κ3) is 3.05. The normalized spacial score (nSPS) is 22.4. The van der Waals surface area contributed by atoms with Gasteiger partial charge in [0.1, 0.15) is 0 Å². The molecule has 0 saturated carbocycles. The number of hydrogen-bond acceptors (Lipinski definition) is 5. The van der Waals surface area contributed by atoms with Crippen LogP contribution in [0.3, 0.4) is 0 Å². The molecule has 19 heavy (non-hydrogen) atoms. The van der Waals surface area contributed by atoms with Crippen LogP contribution >= 0.6 is 11.3 Å². The summed E-state index contributed by atoms with van der Waals surface area (Å²) in [4.78, 5) is 17.1. The average molecular weight is 280 g/mol. The SMILES string of the molecule is CC(=O)c1cc(CN2CC(N3CCOCC3)C2)cs1. The van der Waals surface area contributed by atoms with Gasteiger partial charge >= 0.3 is 0 Å². The molecule has 0 unspecified atom stereocenters. The number of ether oxygens (including phenoxy) is 1. The molecule has 2 saturated heterocycles. The van der Waals surface area contributed by atoms with Crippen LogP contribution in [0.1, 0.15) is 22.2 Å². The molecule has 0 amide bonds. The molecule has 4 nitrogen and oxygen atoms in total. The Bertz CT molecular complexity index is 448. The van der Waals surface area contributed by atoms with Gasteiger partial charge in [0.15, 0.2) is 5.78 Å². The molecule has 2 aliphatic rings. The van der Waals surface area contributed by atoms with Gasteiger partial charge in [-0.1, -0.05) is 0 Å². The molecule has 0 radical (unpaired) electrons. The van der Waals surface area contributed by atoms with Gasteiger partial charge < -0.3 is 4.74 Å². The minimum absolute atomic E-state index is 0.172. The van der Waals surface area contributed by atoms with Crippen molar-refractivity contribution >= 4 is 17.1 Å². The molecule has 1 aromatic heterocycles. The van der Waals surface area contributed by atoms with E-state index in [2.05, 4.69) is 15.2 Å². The summed E-state index contributed by atoms with van der Waals surface area (Å²) in [6, 6.07) is 2.74. The summed E-state index contributed by atoms with van der Waals surface area (Å²) in [5.74, 6) is 0.172. The lowest BCUT2D eigenvalue weighted by Gasteiger charge is -2.46. The fourth-order valence-corrected chi connectivity index (χ4v) is 3.55. The van der Waals surface area contributed by atoms with Gasteiger partial charge in [0.25, 0.3) is 0 Å². The Morgan fingerprint density at radius 1 is 1.42 bits per heavy atom. The number of carbonyl (C=O) groups is 1. The summed E-state index contributed by atoms with van der Waals surface area (Å²) in [5.41, 5.74) is 1.27. The maximum Gasteiger partial charge on any atom is 0.169 e. The van der Waals surface area contributed by atoms with E-state index in [1.807, 2.05) is 6.07 Å². The molecule has 3 rings (SSSR count). The van der Waals surface area contributed by atoms with Crippen LogP contribution in [0.4, 0.5) is 0 Å². The highest BCUT2D eigenvalue weighted by atomic mass is 32.1. The van der Waals surface area contributed by atoms with Crippen molar-refractivity contribution in [1.29, 1.82) is 0 Å². The van der Waals surface area contributed by atoms with E-state index in [0.717, 1.165) is 50.8 Å². The molecule has 0 atom stereocenters. The van der Waals surface area contributed by atoms with E-state index in [4.69, 9.17) is 4.74 Å². The minimum Gasteiger partial charge on any atom is -0.379 e. The minimum atomic E-state index is 0.172. The van der Waals surface area contributed by atoms with Gasteiger partial charge in [-0.25, -0.2) is 0 Å². The van der Waals surface area contributed by atoms with E-state index in [1.54, 1.807) is 18.3 Å². The van der Waals surface area contributed by atoms with Crippen LogP contribution in [0.5, 0.6) is 0 Å². The zero-order chi connectivity index (χ0) is 13.2. The van der Waals surface area contributed by atoms with Crippen LogP contribution in [-0.2, 0) is 11.3 Å². The first-order valence-corrected chi connectivity index (χ1v) is 7.73. The maximum atomic E-state index is 11.3. The smallest absolute Gasteiger partial charge is 0.169 e. The van der Waals surface area contributed by atoms with Gasteiger partial charge in [-0.05, 0) is 23.9 Å². The van der Waals surface area contributed by atoms with Gasteiger partial charge in [0.05, 0.1) is 18.1 Å². The average Bonchev–Trinajstić information content (AvgIpc) is 2.83. The Hall–Kier alpha value is -0.750. The fourth-order valence-electron chi connectivity index (χ4n) is 2.75. The van der Waals surface area contributed by atoms with E-state index in [1.165, 1.54) is 5.56 Å². The quantitative estimate of drug-likeness (QED) is 0.782. The van der Waals surface area contributed by atoms with Crippen molar-refractivity contribution in [2.45, 2.75) is 19.5 Å². The third-order valence-electron chi connectivity index (χ3n) is 3.91. The van der Waals surface area contributed by atoms with Crippen molar-refractivity contribution < 1.29 is 9.53 Å². The van der Waals surface area contributed by atoms with Crippen molar-refractivity contribution in [3.63, 3.8) is 0 Å². The second-order valence-electron chi connectivity index (χ2n) is 5.37. The van der Waals surface area contributed by atoms with Crippen LogP contribution in [0.2, 0.25) is 0 Å². The van der Waals surface area contributed by atoms with Gasteiger partial charge in [0, 0.05) is 38.8 Å². The number of thiophene rings is 1. The van der Waals surface area contributed by atoms with Gasteiger partial charge in [-0.2, -0.15) is 0 Å². The van der Waals surface area contributed by atoms with E-state index in [-0.39, 0.29) is 5.78 Å². The third-order valence-corrected chi connectivity index (χ3v) is 4.99. The first-order chi connectivity index (χ1) is 9.22. The first kappa shape index (κ1) is 13.2. The van der Waals surface area contributed by atoms with Gasteiger partial charge in [-0.15, -0.1) is 11.3 Å². The number of hydrogen-bond donors (Lipinski definition) is 0. The maximum absolute atomic E-state index is 11.3. The highest BCUT2D eigenvalue weighted by Gasteiger charge is 2.32. The lowest BCUT2D eigenvalue weighted by molar-refractivity contribution is -0.0343. The van der Waals surface area contributed by atoms with Gasteiger partial charge in [-0.3, -0.25) is 14.6 Å². The van der Waals surface area contributed by atoms with E-state index >= 15 is 0 Å². The predicted octanol–water partition coefficient (Wildman–Crippen LogP) is 1.47. The van der Waals surface area contributed by atoms with Crippen molar-refractivity contribution in [1.82, 2.24) is 9.80 Å². The molecule has 2 aliphatic heterocycles. The molecule has 3 heterocycles. The Labute approximate surface area is 118 Å². The Morgan fingerprint density at radius 3 is 2.79 bits per heavy atom. The lowest BCUT2D eigenvalue weighted by Crippen LogP contribution is -2.60. The zero-order valence-corrected chi connectivity index (χ0v) is 12.1. The van der Waals surface area contributed by atoms with Crippen LogP contribution < -0.4 is 0 Å². The molecule has 0 aliphatic carbocycles. The molecule has 0 bridgehead atoms. The van der Waals surface area contributed by atoms with Crippen LogP contribution in [-0.4, -0.2) is 61.0 Å². The molecule has 0 N–H and O–H groups in total. The molecular formula is C14H20N2O2S. The predicted molar refractivity (Wildman–Crippen MR) is 75.8 cm³/mol. The molecule has 5 heteroatoms. The fraction of sp³-hybridized carbons (Fsp3) is 0.643. The zero-order valence-electron chi connectivity index (χ0n) is 11.3. The van der Waals surface area contributed by atoms with E-state index in [0.29, 0.717) is 6.04 Å². The summed E-state index contributed by atoms with van der Waals surface area (Å²) >= 11 is 1.56. The number of ketones is 1. The number of carbonyl (C=O) groups excluding carboxylic acids is 1. The number of morpholine rings is 1. The van der Waals surface area contributed by atoms with Crippen molar-refractivity contribution in [3.8, 4) is 0 Å². The first-order valence-electron chi connectivity index (χ1n) is 6.85. The number of likely N-dealkylation sites (tertiary alicyclic amines) is 1. The molecule has 0 spiro atoms. The number of rotatable bonds is 4. The molecule has 1 aromatic rings. The van der Waals surface area contributed by atoms with E-state index in [9.17, 15) is 4.79 Å². The highest BCUT2D eigenvalue weighted by molar-refractivity contribution is 7.12. The van der Waals surface area contributed by atoms with Crippen LogP contribution in [0.15, 0.2) is 11.4 Å². The monoisotopic (exact) mass is 280 g/mol. The second-order valence-corrected chi connectivity index (χ2v) is 6.28. The Kier molecular flexibility index (Phi) is 3.98. The van der Waals surface area contributed by atoms with Crippen molar-refractivity contribution in [2.24, 2.45) is 0 Å². The molecule has 0 aromatic carbocycles. The highest BCUT2D eigenvalue weighted by Crippen LogP contribution is 2.22. The van der Waals surface area contributed by atoms with Crippen molar-refractivity contribution in [2.75, 3.05) is 39.4 Å². The second kappa shape index (κ2) is 5.71. The molecule has 2 fully saturated rings. The topological polar surface area (TPSA) is 32.8 Å². The summed E-state index contributed by atoms with van der Waals surface area (Å²) < 4.78 is 5.38. The van der Waals surface area contributed by atoms with Crippen LogP contribution in [0.25, 0.3) is 0 Å². The van der Waals surface area contributed by atoms with Crippen molar-refractivity contribution in [3.05, 3.63) is 21.9 Å². The summed E-state index contributed by atoms with van der Waals surface area (Å²) in [7, 11) is 0. The number of nitrogens with zero attached hydrogens (tertiary/aromatic N) is 2. The molecular weight excluding hydrogens is 260 g/mol. The summed E-state index contributed by atoms with van der Waals surface area (Å²) in [6.07, 6.45) is 0. The Morgan fingerprint density at radius 2 is 2.16 bits per heavy atom. The largest absolute Gasteiger partial charge is 0.379 e.